The van der Waals surface area contributed by atoms with E-state index in [1.54, 1.807) is 5.57 Å². The third-order valence-electron chi connectivity index (χ3n) is 5.00. The molecule has 4 rings (SSSR count). The first-order chi connectivity index (χ1) is 7.45. The number of hydrogen-bond acceptors (Lipinski definition) is 1. The molecule has 90 valence electrons. The van der Waals surface area contributed by atoms with E-state index < -0.39 is 0 Å². The van der Waals surface area contributed by atoms with E-state index in [4.69, 9.17) is 12.6 Å². The van der Waals surface area contributed by atoms with Gasteiger partial charge in [-0.3, -0.25) is 0 Å². The lowest BCUT2D eigenvalue weighted by Gasteiger charge is -2.52. The molecule has 0 aromatic carbocycles. The molecule has 0 radical (unpaired) electrons. The number of rotatable bonds is 0. The van der Waals surface area contributed by atoms with Crippen LogP contribution < -0.4 is 0 Å². The summed E-state index contributed by atoms with van der Waals surface area (Å²) in [5.41, 5.74) is 2.02. The van der Waals surface area contributed by atoms with Crippen LogP contribution in [0.25, 0.3) is 0 Å². The Hall–Kier alpha value is 0.0900. The van der Waals surface area contributed by atoms with Gasteiger partial charge in [0.05, 0.1) is 0 Å². The Morgan fingerprint density at radius 3 is 1.75 bits per heavy atom. The van der Waals surface area contributed by atoms with Crippen molar-refractivity contribution in [1.29, 1.82) is 0 Å². The molecule has 0 atom stereocenters. The average molecular weight is 236 g/mol. The van der Waals surface area contributed by atoms with E-state index in [0.29, 0.717) is 0 Å². The molecule has 4 bridgehead atoms. The second kappa shape index (κ2) is 3.54. The number of thiol groups is 1. The average Bonchev–Trinajstić information content (AvgIpc) is 2.13. The summed E-state index contributed by atoms with van der Waals surface area (Å²) in [6, 6.07) is 0. The van der Waals surface area contributed by atoms with Crippen LogP contribution in [-0.4, -0.2) is 0 Å². The molecule has 4 aliphatic rings. The van der Waals surface area contributed by atoms with Gasteiger partial charge in [0.1, 0.15) is 0 Å². The molecule has 0 aromatic rings. The van der Waals surface area contributed by atoms with E-state index in [-0.39, 0.29) is 5.41 Å². The van der Waals surface area contributed by atoms with Gasteiger partial charge in [0.25, 0.3) is 0 Å². The van der Waals surface area contributed by atoms with Crippen molar-refractivity contribution < 1.29 is 0 Å². The molecule has 1 heteroatoms. The summed E-state index contributed by atoms with van der Waals surface area (Å²) in [7, 11) is 0. The van der Waals surface area contributed by atoms with Crippen molar-refractivity contribution in [2.45, 2.75) is 52.9 Å². The predicted octanol–water partition coefficient (Wildman–Crippen LogP) is 4.67. The van der Waals surface area contributed by atoms with Gasteiger partial charge in [0, 0.05) is 0 Å². The first-order valence-corrected chi connectivity index (χ1v) is 7.33. The van der Waals surface area contributed by atoms with E-state index in [0.717, 1.165) is 23.7 Å². The molecule has 4 saturated carbocycles. The van der Waals surface area contributed by atoms with Crippen LogP contribution in [0, 0.1) is 29.1 Å². The summed E-state index contributed by atoms with van der Waals surface area (Å²) in [5.74, 6) is 3.94. The van der Waals surface area contributed by atoms with Crippen molar-refractivity contribution in [2.75, 3.05) is 0 Å². The maximum atomic E-state index is 4.88. The Labute approximate surface area is 105 Å². The zero-order valence-electron chi connectivity index (χ0n) is 10.8. The second-order valence-electron chi connectivity index (χ2n) is 7.36. The largest absolute Gasteiger partial charge is 0.147 e. The van der Waals surface area contributed by atoms with Crippen LogP contribution in [-0.2, 0) is 0 Å². The van der Waals surface area contributed by atoms with Gasteiger partial charge < -0.3 is 0 Å². The van der Waals surface area contributed by atoms with E-state index >= 15 is 0 Å². The zero-order chi connectivity index (χ0) is 11.5. The van der Waals surface area contributed by atoms with Gasteiger partial charge in [-0.05, 0) is 66.1 Å². The molecule has 0 aromatic heterocycles. The van der Waals surface area contributed by atoms with E-state index in [2.05, 4.69) is 20.8 Å². The van der Waals surface area contributed by atoms with Gasteiger partial charge in [0.15, 0.2) is 0 Å². The number of hydrogen-bond donors (Lipinski definition) is 1. The SMILES string of the molecule is CC(C)(C)C(S)=C1C2CC3CC(C2)CC1C3. The standard InChI is InChI=1S/C15H24S/c1-15(2,3)14(16)13-11-5-9-4-10(7-11)8-12(13)6-9/h9-12,16H,4-8H2,1-3H3. The summed E-state index contributed by atoms with van der Waals surface area (Å²) in [5, 5.41) is 0. The van der Waals surface area contributed by atoms with Crippen LogP contribution in [0.5, 0.6) is 0 Å². The molecule has 0 heterocycles. The maximum Gasteiger partial charge on any atom is -0.00748 e. The summed E-state index contributed by atoms with van der Waals surface area (Å²) >= 11 is 4.88. The summed E-state index contributed by atoms with van der Waals surface area (Å²) < 4.78 is 0. The summed E-state index contributed by atoms with van der Waals surface area (Å²) in [6.07, 6.45) is 7.44. The van der Waals surface area contributed by atoms with Crippen LogP contribution >= 0.6 is 12.6 Å². The molecular weight excluding hydrogens is 212 g/mol. The first-order valence-electron chi connectivity index (χ1n) is 6.88. The van der Waals surface area contributed by atoms with Gasteiger partial charge in [-0.2, -0.15) is 0 Å². The lowest BCUT2D eigenvalue weighted by molar-refractivity contribution is 0.0678. The van der Waals surface area contributed by atoms with Gasteiger partial charge >= 0.3 is 0 Å². The smallest absolute Gasteiger partial charge is 0.00748 e. The Balaban J connectivity index is 1.98. The fraction of sp³-hybridized carbons (Fsp3) is 0.867. The number of allylic oxidation sites excluding steroid dienone is 2. The van der Waals surface area contributed by atoms with E-state index in [1.165, 1.54) is 37.0 Å². The van der Waals surface area contributed by atoms with Crippen LogP contribution in [0.15, 0.2) is 10.5 Å². The highest BCUT2D eigenvalue weighted by Gasteiger charge is 2.46. The molecule has 0 saturated heterocycles. The maximum absolute atomic E-state index is 4.88. The van der Waals surface area contributed by atoms with Crippen molar-refractivity contribution in [3.8, 4) is 0 Å². The molecule has 4 aliphatic carbocycles. The molecule has 0 spiro atoms. The van der Waals surface area contributed by atoms with Crippen LogP contribution in [0.2, 0.25) is 0 Å². The molecular formula is C15H24S. The molecule has 0 amide bonds. The topological polar surface area (TPSA) is 0 Å². The third-order valence-corrected chi connectivity index (χ3v) is 5.93. The van der Waals surface area contributed by atoms with Crippen molar-refractivity contribution in [3.63, 3.8) is 0 Å². The minimum Gasteiger partial charge on any atom is -0.147 e. The van der Waals surface area contributed by atoms with Gasteiger partial charge in [-0.25, -0.2) is 0 Å². The van der Waals surface area contributed by atoms with Crippen molar-refractivity contribution in [1.82, 2.24) is 0 Å². The van der Waals surface area contributed by atoms with Crippen molar-refractivity contribution in [3.05, 3.63) is 10.5 Å². The Bertz CT molecular complexity index is 302. The molecule has 0 unspecified atom stereocenters. The van der Waals surface area contributed by atoms with Crippen LogP contribution in [0.3, 0.4) is 0 Å². The lowest BCUT2D eigenvalue weighted by atomic mass is 9.53. The molecule has 4 fully saturated rings. The highest BCUT2D eigenvalue weighted by Crippen LogP contribution is 2.58. The Morgan fingerprint density at radius 1 is 0.938 bits per heavy atom. The minimum atomic E-state index is 0.258. The molecule has 0 N–H and O–H groups in total. The third kappa shape index (κ3) is 1.66. The Kier molecular flexibility index (Phi) is 2.48. The minimum absolute atomic E-state index is 0.258. The molecule has 0 aliphatic heterocycles. The van der Waals surface area contributed by atoms with Crippen LogP contribution in [0.1, 0.15) is 52.9 Å². The molecule has 16 heavy (non-hydrogen) atoms. The summed E-state index contributed by atoms with van der Waals surface area (Å²) in [6.45, 7) is 6.94. The summed E-state index contributed by atoms with van der Waals surface area (Å²) in [4.78, 5) is 1.42. The second-order valence-corrected chi connectivity index (χ2v) is 7.81. The lowest BCUT2D eigenvalue weighted by Crippen LogP contribution is -2.41. The fourth-order valence-corrected chi connectivity index (χ4v) is 4.88. The monoisotopic (exact) mass is 236 g/mol. The first kappa shape index (κ1) is 11.2. The fourth-order valence-electron chi connectivity index (χ4n) is 4.51. The van der Waals surface area contributed by atoms with Gasteiger partial charge in [-0.1, -0.05) is 26.3 Å². The normalized spacial score (nSPS) is 41.6. The zero-order valence-corrected chi connectivity index (χ0v) is 11.7. The quantitative estimate of drug-likeness (QED) is 0.580. The highest BCUT2D eigenvalue weighted by molar-refractivity contribution is 7.84. The van der Waals surface area contributed by atoms with E-state index in [9.17, 15) is 0 Å². The molecule has 0 nitrogen and oxygen atoms in total. The highest BCUT2D eigenvalue weighted by atomic mass is 32.1. The predicted molar refractivity (Wildman–Crippen MR) is 72.5 cm³/mol. The van der Waals surface area contributed by atoms with Crippen LogP contribution in [0.4, 0.5) is 0 Å². The van der Waals surface area contributed by atoms with E-state index in [1.807, 2.05) is 0 Å². The van der Waals surface area contributed by atoms with Crippen molar-refractivity contribution in [2.24, 2.45) is 29.1 Å². The van der Waals surface area contributed by atoms with Gasteiger partial charge in [-0.15, -0.1) is 12.6 Å². The van der Waals surface area contributed by atoms with Crippen molar-refractivity contribution >= 4 is 12.6 Å². The van der Waals surface area contributed by atoms with Gasteiger partial charge in [0.2, 0.25) is 0 Å². The Morgan fingerprint density at radius 2 is 1.38 bits per heavy atom.